The van der Waals surface area contributed by atoms with Crippen molar-refractivity contribution in [1.82, 2.24) is 15.1 Å². The van der Waals surface area contributed by atoms with Gasteiger partial charge in [0.2, 0.25) is 5.75 Å². The number of anilines is 2. The molecule has 0 saturated carbocycles. The summed E-state index contributed by atoms with van der Waals surface area (Å²) in [6.45, 7) is 2.18. The molecule has 1 aliphatic rings. The summed E-state index contributed by atoms with van der Waals surface area (Å²) in [6, 6.07) is 11.2. The van der Waals surface area contributed by atoms with Crippen molar-refractivity contribution < 1.29 is 23.4 Å². The highest BCUT2D eigenvalue weighted by atomic mass is 35.5. The molecule has 3 aromatic rings. The molecule has 1 aromatic heterocycles. The molecule has 0 bridgehead atoms. The monoisotopic (exact) mass is 501 g/mol. The fraction of sp³-hybridized carbons (Fsp3) is 0.292. The van der Waals surface area contributed by atoms with Crippen molar-refractivity contribution in [3.8, 4) is 28.5 Å². The van der Waals surface area contributed by atoms with Gasteiger partial charge in [-0.1, -0.05) is 11.6 Å². The Hall–Kier alpha value is -3.79. The van der Waals surface area contributed by atoms with Crippen LogP contribution in [0.3, 0.4) is 0 Å². The molecule has 1 saturated heterocycles. The van der Waals surface area contributed by atoms with Gasteiger partial charge in [-0.15, -0.1) is 10.2 Å². The summed E-state index contributed by atoms with van der Waals surface area (Å²) >= 11 is 5.79. The average Bonchev–Trinajstić information content (AvgIpc) is 2.90. The van der Waals surface area contributed by atoms with Gasteiger partial charge in [-0.25, -0.2) is 9.18 Å². The molecule has 0 aliphatic carbocycles. The van der Waals surface area contributed by atoms with Crippen LogP contribution >= 0.6 is 11.6 Å². The number of halogens is 2. The van der Waals surface area contributed by atoms with Gasteiger partial charge in [0, 0.05) is 37.4 Å². The van der Waals surface area contributed by atoms with Crippen LogP contribution in [-0.4, -0.2) is 68.6 Å². The molecule has 2 aromatic carbocycles. The van der Waals surface area contributed by atoms with Crippen molar-refractivity contribution in [2.24, 2.45) is 0 Å². The van der Waals surface area contributed by atoms with E-state index in [4.69, 9.17) is 25.8 Å². The second-order valence-corrected chi connectivity index (χ2v) is 8.13. The molecule has 0 spiro atoms. The molecule has 2 heterocycles. The Morgan fingerprint density at radius 1 is 0.943 bits per heavy atom. The molecule has 35 heavy (non-hydrogen) atoms. The minimum Gasteiger partial charge on any atom is -0.493 e. The second-order valence-electron chi connectivity index (χ2n) is 7.72. The van der Waals surface area contributed by atoms with Crippen LogP contribution in [0.1, 0.15) is 0 Å². The number of nitrogens with zero attached hydrogens (tertiary/aromatic N) is 4. The SMILES string of the molecule is COc1cc(-c2ccc(N3CCN(C(=O)Nc4ccc(F)c(Cl)c4)CC3)nn2)cc(OC)c1OC. The third-order valence-electron chi connectivity index (χ3n) is 5.67. The maximum Gasteiger partial charge on any atom is 0.321 e. The standard InChI is InChI=1S/C24H25ClFN5O4/c1-33-20-12-15(13-21(34-2)23(20)35-3)19-6-7-22(29-28-19)30-8-10-31(11-9-30)24(32)27-16-4-5-18(26)17(25)14-16/h4-7,12-14H,8-11H2,1-3H3,(H,27,32). The summed E-state index contributed by atoms with van der Waals surface area (Å²) in [5, 5.41) is 11.5. The first-order chi connectivity index (χ1) is 16.9. The first-order valence-corrected chi connectivity index (χ1v) is 11.2. The second kappa shape index (κ2) is 10.6. The summed E-state index contributed by atoms with van der Waals surface area (Å²) in [5.74, 6) is 1.75. The number of amides is 2. The lowest BCUT2D eigenvalue weighted by Crippen LogP contribution is -2.50. The summed E-state index contributed by atoms with van der Waals surface area (Å²) in [7, 11) is 4.67. The van der Waals surface area contributed by atoms with Gasteiger partial charge < -0.3 is 29.3 Å². The number of hydrogen-bond donors (Lipinski definition) is 1. The summed E-state index contributed by atoms with van der Waals surface area (Å²) in [4.78, 5) is 16.3. The predicted octanol–water partition coefficient (Wildman–Crippen LogP) is 4.32. The highest BCUT2D eigenvalue weighted by Gasteiger charge is 2.23. The zero-order chi connectivity index (χ0) is 24.9. The third kappa shape index (κ3) is 5.32. The van der Waals surface area contributed by atoms with E-state index in [-0.39, 0.29) is 11.1 Å². The van der Waals surface area contributed by atoms with E-state index in [1.54, 1.807) is 26.2 Å². The van der Waals surface area contributed by atoms with Crippen molar-refractivity contribution in [3.05, 3.63) is 53.3 Å². The van der Waals surface area contributed by atoms with E-state index in [1.165, 1.54) is 18.2 Å². The molecular formula is C24H25ClFN5O4. The molecule has 0 atom stereocenters. The Labute approximate surface area is 207 Å². The van der Waals surface area contributed by atoms with E-state index in [0.29, 0.717) is 60.6 Å². The van der Waals surface area contributed by atoms with Crippen LogP contribution in [0.2, 0.25) is 5.02 Å². The Morgan fingerprint density at radius 3 is 2.17 bits per heavy atom. The van der Waals surface area contributed by atoms with Crippen LogP contribution in [0.25, 0.3) is 11.3 Å². The summed E-state index contributed by atoms with van der Waals surface area (Å²) in [5.41, 5.74) is 1.88. The van der Waals surface area contributed by atoms with Crippen LogP contribution in [0, 0.1) is 5.82 Å². The Bertz CT molecular complexity index is 1180. The van der Waals surface area contributed by atoms with E-state index >= 15 is 0 Å². The fourth-order valence-electron chi connectivity index (χ4n) is 3.79. The highest BCUT2D eigenvalue weighted by molar-refractivity contribution is 6.31. The van der Waals surface area contributed by atoms with E-state index < -0.39 is 5.82 Å². The number of urea groups is 1. The maximum absolute atomic E-state index is 13.3. The Kier molecular flexibility index (Phi) is 7.40. The summed E-state index contributed by atoms with van der Waals surface area (Å²) in [6.07, 6.45) is 0. The van der Waals surface area contributed by atoms with Crippen LogP contribution in [0.15, 0.2) is 42.5 Å². The van der Waals surface area contributed by atoms with Gasteiger partial charge in [0.15, 0.2) is 17.3 Å². The number of hydrogen-bond acceptors (Lipinski definition) is 7. The zero-order valence-corrected chi connectivity index (χ0v) is 20.3. The number of methoxy groups -OCH3 is 3. The molecule has 4 rings (SSSR count). The molecule has 0 radical (unpaired) electrons. The lowest BCUT2D eigenvalue weighted by atomic mass is 10.1. The number of piperazine rings is 1. The largest absolute Gasteiger partial charge is 0.493 e. The lowest BCUT2D eigenvalue weighted by Gasteiger charge is -2.35. The molecule has 184 valence electrons. The van der Waals surface area contributed by atoms with Crippen LogP contribution < -0.4 is 24.4 Å². The Balaban J connectivity index is 1.39. The third-order valence-corrected chi connectivity index (χ3v) is 5.96. The first kappa shape index (κ1) is 24.3. The maximum atomic E-state index is 13.3. The number of carbonyl (C=O) groups is 1. The molecule has 1 N–H and O–H groups in total. The van der Waals surface area contributed by atoms with Crippen molar-refractivity contribution in [1.29, 1.82) is 0 Å². The average molecular weight is 502 g/mol. The minimum absolute atomic E-state index is 0.0406. The Morgan fingerprint density at radius 2 is 1.63 bits per heavy atom. The molecule has 1 aliphatic heterocycles. The van der Waals surface area contributed by atoms with Crippen LogP contribution in [0.5, 0.6) is 17.2 Å². The fourth-order valence-corrected chi connectivity index (χ4v) is 3.97. The van der Waals surface area contributed by atoms with Crippen molar-refractivity contribution in [2.75, 3.05) is 57.7 Å². The summed E-state index contributed by atoms with van der Waals surface area (Å²) < 4.78 is 29.5. The number of aromatic nitrogens is 2. The molecular weight excluding hydrogens is 477 g/mol. The van der Waals surface area contributed by atoms with Gasteiger partial charge in [-0.3, -0.25) is 0 Å². The smallest absolute Gasteiger partial charge is 0.321 e. The van der Waals surface area contributed by atoms with Gasteiger partial charge in [0.25, 0.3) is 0 Å². The van der Waals surface area contributed by atoms with Crippen molar-refractivity contribution in [2.45, 2.75) is 0 Å². The molecule has 9 nitrogen and oxygen atoms in total. The van der Waals surface area contributed by atoms with E-state index in [9.17, 15) is 9.18 Å². The van der Waals surface area contributed by atoms with Gasteiger partial charge in [-0.05, 0) is 42.5 Å². The molecule has 1 fully saturated rings. The van der Waals surface area contributed by atoms with E-state index in [2.05, 4.69) is 20.4 Å². The number of ether oxygens (including phenoxy) is 3. The normalized spacial score (nSPS) is 13.4. The van der Waals surface area contributed by atoms with Crippen LogP contribution in [0.4, 0.5) is 20.7 Å². The zero-order valence-electron chi connectivity index (χ0n) is 19.5. The van der Waals surface area contributed by atoms with Crippen molar-refractivity contribution in [3.63, 3.8) is 0 Å². The van der Waals surface area contributed by atoms with Gasteiger partial charge >= 0.3 is 6.03 Å². The minimum atomic E-state index is -0.532. The quantitative estimate of drug-likeness (QED) is 0.538. The number of rotatable bonds is 6. The van der Waals surface area contributed by atoms with Crippen molar-refractivity contribution >= 4 is 29.1 Å². The van der Waals surface area contributed by atoms with Gasteiger partial charge in [-0.2, -0.15) is 0 Å². The van der Waals surface area contributed by atoms with E-state index in [1.807, 2.05) is 24.3 Å². The van der Waals surface area contributed by atoms with Crippen LogP contribution in [-0.2, 0) is 0 Å². The van der Waals surface area contributed by atoms with Gasteiger partial charge in [0.1, 0.15) is 5.82 Å². The number of nitrogens with one attached hydrogen (secondary N) is 1. The number of benzene rings is 2. The predicted molar refractivity (Wildman–Crippen MR) is 131 cm³/mol. The van der Waals surface area contributed by atoms with E-state index in [0.717, 1.165) is 5.56 Å². The lowest BCUT2D eigenvalue weighted by molar-refractivity contribution is 0.208. The highest BCUT2D eigenvalue weighted by Crippen LogP contribution is 2.40. The molecule has 0 unspecified atom stereocenters. The first-order valence-electron chi connectivity index (χ1n) is 10.8. The molecule has 11 heteroatoms. The van der Waals surface area contributed by atoms with Gasteiger partial charge in [0.05, 0.1) is 32.0 Å². The number of carbonyl (C=O) groups excluding carboxylic acids is 1. The molecule has 2 amide bonds. The topological polar surface area (TPSA) is 89.1 Å².